The van der Waals surface area contributed by atoms with Crippen molar-refractivity contribution in [3.63, 3.8) is 0 Å². The SMILES string of the molecule is CCCCOc1cc([N+](=O)[O-])c(C(=O)N2C[C@H](O)C[C@H]2C(=O)OC)cc1OC. The third-order valence-electron chi connectivity index (χ3n) is 4.48. The number of hydrogen-bond acceptors (Lipinski definition) is 8. The first-order valence-corrected chi connectivity index (χ1v) is 8.90. The van der Waals surface area contributed by atoms with E-state index < -0.39 is 34.6 Å². The molecular weight excluding hydrogens is 372 g/mol. The fourth-order valence-electron chi connectivity index (χ4n) is 3.02. The van der Waals surface area contributed by atoms with Crippen molar-refractivity contribution in [2.24, 2.45) is 0 Å². The minimum absolute atomic E-state index is 0.00155. The number of β-amino-alcohol motifs (C(OH)–C–C–N with tert-alkyl or cyclic N) is 1. The fourth-order valence-corrected chi connectivity index (χ4v) is 3.02. The molecule has 1 aliphatic rings. The Labute approximate surface area is 162 Å². The van der Waals surface area contributed by atoms with Gasteiger partial charge in [-0.05, 0) is 6.42 Å². The molecule has 2 atom stereocenters. The summed E-state index contributed by atoms with van der Waals surface area (Å²) < 4.78 is 15.4. The van der Waals surface area contributed by atoms with Crippen LogP contribution in [0.15, 0.2) is 12.1 Å². The van der Waals surface area contributed by atoms with Crippen LogP contribution in [0, 0.1) is 10.1 Å². The highest BCUT2D eigenvalue weighted by Crippen LogP contribution is 2.36. The maximum atomic E-state index is 13.0. The number of rotatable bonds is 8. The van der Waals surface area contributed by atoms with Crippen LogP contribution in [-0.2, 0) is 9.53 Å². The Bertz CT molecular complexity index is 751. The fraction of sp³-hybridized carbons (Fsp3) is 0.556. The quantitative estimate of drug-likeness (QED) is 0.303. The van der Waals surface area contributed by atoms with Crippen molar-refractivity contribution in [3.8, 4) is 11.5 Å². The van der Waals surface area contributed by atoms with E-state index in [9.17, 15) is 24.8 Å². The number of carbonyl (C=O) groups excluding carboxylic acids is 2. The summed E-state index contributed by atoms with van der Waals surface area (Å²) in [6.07, 6.45) is 0.712. The highest BCUT2D eigenvalue weighted by atomic mass is 16.6. The Morgan fingerprint density at radius 3 is 2.61 bits per heavy atom. The average molecular weight is 396 g/mol. The predicted octanol–water partition coefficient (Wildman–Crippen LogP) is 1.53. The zero-order valence-electron chi connectivity index (χ0n) is 16.0. The molecule has 1 N–H and O–H groups in total. The van der Waals surface area contributed by atoms with E-state index in [0.29, 0.717) is 6.61 Å². The summed E-state index contributed by atoms with van der Waals surface area (Å²) >= 11 is 0. The number of amides is 1. The van der Waals surface area contributed by atoms with Crippen LogP contribution in [0.3, 0.4) is 0 Å². The lowest BCUT2D eigenvalue weighted by Gasteiger charge is -2.22. The number of unbranched alkanes of at least 4 members (excludes halogenated alkanes) is 1. The van der Waals surface area contributed by atoms with Gasteiger partial charge in [-0.1, -0.05) is 13.3 Å². The highest BCUT2D eigenvalue weighted by Gasteiger charge is 2.42. The van der Waals surface area contributed by atoms with Gasteiger partial charge in [0, 0.05) is 19.0 Å². The molecule has 0 radical (unpaired) electrons. The summed E-state index contributed by atoms with van der Waals surface area (Å²) in [7, 11) is 2.53. The number of nitro benzene ring substituents is 1. The number of nitrogens with zero attached hydrogens (tertiary/aromatic N) is 2. The number of hydrogen-bond donors (Lipinski definition) is 1. The first-order chi connectivity index (χ1) is 13.3. The second kappa shape index (κ2) is 9.36. The van der Waals surface area contributed by atoms with Gasteiger partial charge in [0.25, 0.3) is 11.6 Å². The van der Waals surface area contributed by atoms with Gasteiger partial charge < -0.3 is 24.2 Å². The van der Waals surface area contributed by atoms with Crippen LogP contribution >= 0.6 is 0 Å². The number of esters is 1. The molecule has 10 nitrogen and oxygen atoms in total. The van der Waals surface area contributed by atoms with Crippen molar-refractivity contribution < 1.29 is 33.8 Å². The summed E-state index contributed by atoms with van der Waals surface area (Å²) in [4.78, 5) is 36.9. The number of aliphatic hydroxyl groups is 1. The molecule has 1 heterocycles. The van der Waals surface area contributed by atoms with Crippen LogP contribution in [0.1, 0.15) is 36.5 Å². The zero-order chi connectivity index (χ0) is 20.8. The molecule has 10 heteroatoms. The van der Waals surface area contributed by atoms with Crippen LogP contribution in [0.4, 0.5) is 5.69 Å². The molecule has 1 aromatic rings. The van der Waals surface area contributed by atoms with Gasteiger partial charge in [-0.2, -0.15) is 0 Å². The maximum absolute atomic E-state index is 13.0. The Kier molecular flexibility index (Phi) is 7.16. The lowest BCUT2D eigenvalue weighted by Crippen LogP contribution is -2.41. The van der Waals surface area contributed by atoms with E-state index in [4.69, 9.17) is 9.47 Å². The van der Waals surface area contributed by atoms with E-state index >= 15 is 0 Å². The summed E-state index contributed by atoms with van der Waals surface area (Å²) in [6, 6.07) is 1.35. The van der Waals surface area contributed by atoms with Crippen molar-refractivity contribution >= 4 is 17.6 Å². The minimum atomic E-state index is -1.02. The molecule has 0 aliphatic carbocycles. The topological polar surface area (TPSA) is 128 Å². The second-order valence-electron chi connectivity index (χ2n) is 6.37. The van der Waals surface area contributed by atoms with E-state index in [1.807, 2.05) is 6.92 Å². The first-order valence-electron chi connectivity index (χ1n) is 8.90. The lowest BCUT2D eigenvalue weighted by molar-refractivity contribution is -0.385. The lowest BCUT2D eigenvalue weighted by atomic mass is 10.1. The maximum Gasteiger partial charge on any atom is 0.328 e. The average Bonchev–Trinajstić information content (AvgIpc) is 3.08. The molecule has 154 valence electrons. The molecule has 0 bridgehead atoms. The molecule has 0 aromatic heterocycles. The van der Waals surface area contributed by atoms with E-state index in [0.717, 1.165) is 23.8 Å². The predicted molar refractivity (Wildman–Crippen MR) is 97.5 cm³/mol. The molecule has 1 aromatic carbocycles. The zero-order valence-corrected chi connectivity index (χ0v) is 16.0. The van der Waals surface area contributed by atoms with Gasteiger partial charge in [-0.15, -0.1) is 0 Å². The van der Waals surface area contributed by atoms with Crippen LogP contribution in [-0.4, -0.2) is 66.3 Å². The second-order valence-corrected chi connectivity index (χ2v) is 6.37. The monoisotopic (exact) mass is 396 g/mol. The van der Waals surface area contributed by atoms with Crippen LogP contribution in [0.5, 0.6) is 11.5 Å². The normalized spacial score (nSPS) is 18.6. The number of carbonyl (C=O) groups is 2. The molecule has 2 rings (SSSR count). The van der Waals surface area contributed by atoms with Crippen molar-refractivity contribution in [1.29, 1.82) is 0 Å². The van der Waals surface area contributed by atoms with Crippen LogP contribution in [0.2, 0.25) is 0 Å². The number of benzene rings is 1. The Morgan fingerprint density at radius 1 is 1.32 bits per heavy atom. The molecule has 0 unspecified atom stereocenters. The van der Waals surface area contributed by atoms with Crippen molar-refractivity contribution in [2.45, 2.75) is 38.3 Å². The Balaban J connectivity index is 2.43. The van der Waals surface area contributed by atoms with Gasteiger partial charge in [-0.25, -0.2) is 4.79 Å². The standard InChI is InChI=1S/C18H24N2O8/c1-4-5-6-28-16-9-13(20(24)25)12(8-15(16)26-2)17(22)19-10-11(21)7-14(19)18(23)27-3/h8-9,11,14,21H,4-7,10H2,1-3H3/t11-,14+/m1/s1. The van der Waals surface area contributed by atoms with E-state index in [1.165, 1.54) is 20.3 Å². The van der Waals surface area contributed by atoms with Gasteiger partial charge in [0.2, 0.25) is 0 Å². The largest absolute Gasteiger partial charge is 0.493 e. The molecular formula is C18H24N2O8. The van der Waals surface area contributed by atoms with Crippen molar-refractivity contribution in [2.75, 3.05) is 27.4 Å². The summed E-state index contributed by atoms with van der Waals surface area (Å²) in [5.41, 5.74) is -0.727. The number of methoxy groups -OCH3 is 2. The molecule has 1 aliphatic heterocycles. The van der Waals surface area contributed by atoms with Gasteiger partial charge in [-0.3, -0.25) is 14.9 Å². The van der Waals surface area contributed by atoms with Gasteiger partial charge >= 0.3 is 5.97 Å². The minimum Gasteiger partial charge on any atom is -0.493 e. The van der Waals surface area contributed by atoms with E-state index in [-0.39, 0.29) is 30.0 Å². The summed E-state index contributed by atoms with van der Waals surface area (Å²) in [5, 5.41) is 21.4. The van der Waals surface area contributed by atoms with Gasteiger partial charge in [0.05, 0.1) is 37.9 Å². The first kappa shape index (κ1) is 21.4. The molecule has 0 spiro atoms. The van der Waals surface area contributed by atoms with Crippen molar-refractivity contribution in [3.05, 3.63) is 27.8 Å². The van der Waals surface area contributed by atoms with Gasteiger partial charge in [0.15, 0.2) is 11.5 Å². The Hall–Kier alpha value is -2.88. The third kappa shape index (κ3) is 4.50. The van der Waals surface area contributed by atoms with E-state index in [1.54, 1.807) is 0 Å². The van der Waals surface area contributed by atoms with E-state index in [2.05, 4.69) is 4.74 Å². The highest BCUT2D eigenvalue weighted by molar-refractivity contribution is 6.01. The Morgan fingerprint density at radius 2 is 2.04 bits per heavy atom. The van der Waals surface area contributed by atoms with Gasteiger partial charge in [0.1, 0.15) is 11.6 Å². The molecule has 1 saturated heterocycles. The number of nitro groups is 1. The third-order valence-corrected chi connectivity index (χ3v) is 4.48. The van der Waals surface area contributed by atoms with Crippen molar-refractivity contribution in [1.82, 2.24) is 4.90 Å². The number of aliphatic hydroxyl groups excluding tert-OH is 1. The van der Waals surface area contributed by atoms with Crippen LogP contribution in [0.25, 0.3) is 0 Å². The molecule has 1 amide bonds. The molecule has 28 heavy (non-hydrogen) atoms. The molecule has 0 saturated carbocycles. The van der Waals surface area contributed by atoms with Crippen LogP contribution < -0.4 is 9.47 Å². The number of likely N-dealkylation sites (tertiary alicyclic amines) is 1. The summed E-state index contributed by atoms with van der Waals surface area (Å²) in [6.45, 7) is 2.19. The number of ether oxygens (including phenoxy) is 3. The smallest absolute Gasteiger partial charge is 0.328 e. The molecule has 1 fully saturated rings. The summed E-state index contributed by atoms with van der Waals surface area (Å²) in [5.74, 6) is -1.14.